The van der Waals surface area contributed by atoms with Crippen molar-refractivity contribution in [3.8, 4) is 11.4 Å². The molecule has 2 aromatic rings. The number of hydrogen-bond acceptors (Lipinski definition) is 4. The summed E-state index contributed by atoms with van der Waals surface area (Å²) in [5.74, 6) is 1.93. The Morgan fingerprint density at radius 2 is 1.71 bits per heavy atom. The van der Waals surface area contributed by atoms with E-state index >= 15 is 0 Å². The zero-order valence-electron chi connectivity index (χ0n) is 15.6. The van der Waals surface area contributed by atoms with E-state index in [0.717, 1.165) is 36.0 Å². The van der Waals surface area contributed by atoms with Gasteiger partial charge in [0.1, 0.15) is 5.82 Å². The van der Waals surface area contributed by atoms with Crippen molar-refractivity contribution < 1.29 is 0 Å². The minimum Gasteiger partial charge on any atom is -0.351 e. The summed E-state index contributed by atoms with van der Waals surface area (Å²) in [7, 11) is 0. The van der Waals surface area contributed by atoms with Crippen LogP contribution in [0, 0.1) is 27.7 Å². The lowest BCUT2D eigenvalue weighted by Gasteiger charge is -2.39. The molecule has 0 amide bonds. The van der Waals surface area contributed by atoms with Gasteiger partial charge in [0.2, 0.25) is 0 Å². The van der Waals surface area contributed by atoms with Crippen molar-refractivity contribution in [2.45, 2.75) is 53.6 Å². The van der Waals surface area contributed by atoms with Crippen LogP contribution in [0.15, 0.2) is 18.2 Å². The van der Waals surface area contributed by atoms with Crippen LogP contribution >= 0.6 is 0 Å². The van der Waals surface area contributed by atoms with Crippen molar-refractivity contribution in [1.29, 1.82) is 0 Å². The second-order valence-electron chi connectivity index (χ2n) is 7.16. The number of nitrogens with one attached hydrogen (secondary N) is 1. The number of aryl methyl sites for hydroxylation is 3. The molecule has 2 heterocycles. The zero-order valence-corrected chi connectivity index (χ0v) is 15.6. The number of nitrogens with zero attached hydrogens (tertiary/aromatic N) is 3. The van der Waals surface area contributed by atoms with Crippen molar-refractivity contribution in [1.82, 2.24) is 15.3 Å². The molecule has 1 fully saturated rings. The first kappa shape index (κ1) is 16.9. The quantitative estimate of drug-likeness (QED) is 0.917. The maximum absolute atomic E-state index is 5.02. The minimum atomic E-state index is 0.431. The molecule has 128 valence electrons. The number of anilines is 1. The van der Waals surface area contributed by atoms with E-state index in [4.69, 9.17) is 9.97 Å². The highest BCUT2D eigenvalue weighted by molar-refractivity contribution is 5.67. The van der Waals surface area contributed by atoms with Crippen molar-refractivity contribution in [3.63, 3.8) is 0 Å². The third-order valence-electron chi connectivity index (χ3n) is 5.10. The molecule has 1 aromatic heterocycles. The predicted octanol–water partition coefficient (Wildman–Crippen LogP) is 3.56. The Hall–Kier alpha value is -1.94. The van der Waals surface area contributed by atoms with Crippen molar-refractivity contribution >= 4 is 5.82 Å². The molecule has 0 bridgehead atoms. The van der Waals surface area contributed by atoms with Gasteiger partial charge in [-0.2, -0.15) is 0 Å². The lowest BCUT2D eigenvalue weighted by atomic mass is 10.0. The number of piperazine rings is 1. The topological polar surface area (TPSA) is 41.1 Å². The van der Waals surface area contributed by atoms with E-state index < -0.39 is 0 Å². The van der Waals surface area contributed by atoms with Gasteiger partial charge in [-0.15, -0.1) is 0 Å². The maximum Gasteiger partial charge on any atom is 0.162 e. The molecule has 24 heavy (non-hydrogen) atoms. The van der Waals surface area contributed by atoms with E-state index in [9.17, 15) is 0 Å². The maximum atomic E-state index is 5.02. The molecule has 2 atom stereocenters. The number of aromatic nitrogens is 2. The molecule has 0 saturated carbocycles. The Morgan fingerprint density at radius 1 is 1.04 bits per heavy atom. The fraction of sp³-hybridized carbons (Fsp3) is 0.500. The molecule has 0 aliphatic carbocycles. The molecule has 1 N–H and O–H groups in total. The monoisotopic (exact) mass is 324 g/mol. The van der Waals surface area contributed by atoms with Crippen LogP contribution in [0.1, 0.15) is 36.2 Å². The first-order valence-electron chi connectivity index (χ1n) is 8.80. The summed E-state index contributed by atoms with van der Waals surface area (Å²) in [5.41, 5.74) is 5.87. The second kappa shape index (κ2) is 6.52. The summed E-state index contributed by atoms with van der Waals surface area (Å²) in [5, 5.41) is 3.55. The van der Waals surface area contributed by atoms with Crippen LogP contribution in [-0.4, -0.2) is 35.1 Å². The van der Waals surface area contributed by atoms with Crippen LogP contribution < -0.4 is 10.2 Å². The van der Waals surface area contributed by atoms with Gasteiger partial charge in [-0.3, -0.25) is 0 Å². The van der Waals surface area contributed by atoms with Crippen LogP contribution in [0.25, 0.3) is 11.4 Å². The van der Waals surface area contributed by atoms with Gasteiger partial charge in [0.15, 0.2) is 5.82 Å². The van der Waals surface area contributed by atoms with E-state index in [1.807, 2.05) is 0 Å². The van der Waals surface area contributed by atoms with E-state index in [1.165, 1.54) is 16.7 Å². The normalized spacial score (nSPS) is 21.2. The molecule has 4 nitrogen and oxygen atoms in total. The third kappa shape index (κ3) is 3.03. The van der Waals surface area contributed by atoms with E-state index in [0.29, 0.717) is 12.1 Å². The van der Waals surface area contributed by atoms with Crippen molar-refractivity contribution in [2.75, 3.05) is 18.0 Å². The largest absolute Gasteiger partial charge is 0.351 e. The SMILES string of the molecule is Cc1cccc(C)c1-c1nc(C)c(C)c(N2C[C@H](C)NCC2C)n1. The van der Waals surface area contributed by atoms with Gasteiger partial charge in [-0.05, 0) is 52.7 Å². The number of benzene rings is 1. The second-order valence-corrected chi connectivity index (χ2v) is 7.16. The van der Waals surface area contributed by atoms with Gasteiger partial charge in [-0.1, -0.05) is 18.2 Å². The van der Waals surface area contributed by atoms with Crippen LogP contribution in [-0.2, 0) is 0 Å². The molecule has 1 aliphatic rings. The highest BCUT2D eigenvalue weighted by Crippen LogP contribution is 2.30. The van der Waals surface area contributed by atoms with Crippen molar-refractivity contribution in [2.24, 2.45) is 0 Å². The van der Waals surface area contributed by atoms with Crippen molar-refractivity contribution in [3.05, 3.63) is 40.6 Å². The van der Waals surface area contributed by atoms with Gasteiger partial charge in [-0.25, -0.2) is 9.97 Å². The first-order chi connectivity index (χ1) is 11.4. The predicted molar refractivity (Wildman–Crippen MR) is 101 cm³/mol. The zero-order chi connectivity index (χ0) is 17.4. The molecule has 1 aromatic carbocycles. The Labute approximate surface area is 145 Å². The lowest BCUT2D eigenvalue weighted by molar-refractivity contribution is 0.422. The molecule has 4 heteroatoms. The Bertz CT molecular complexity index is 733. The lowest BCUT2D eigenvalue weighted by Crippen LogP contribution is -2.55. The molecule has 1 aliphatic heterocycles. The van der Waals surface area contributed by atoms with E-state index in [-0.39, 0.29) is 0 Å². The highest BCUT2D eigenvalue weighted by atomic mass is 15.3. The molecule has 3 rings (SSSR count). The molecular weight excluding hydrogens is 296 g/mol. The van der Waals surface area contributed by atoms with Gasteiger partial charge >= 0.3 is 0 Å². The third-order valence-corrected chi connectivity index (χ3v) is 5.10. The van der Waals surface area contributed by atoms with Gasteiger partial charge in [0.25, 0.3) is 0 Å². The number of rotatable bonds is 2. The smallest absolute Gasteiger partial charge is 0.162 e. The fourth-order valence-corrected chi connectivity index (χ4v) is 3.49. The Kier molecular flexibility index (Phi) is 4.59. The van der Waals surface area contributed by atoms with Crippen LogP contribution in [0.2, 0.25) is 0 Å². The highest BCUT2D eigenvalue weighted by Gasteiger charge is 2.26. The van der Waals surface area contributed by atoms with Crippen LogP contribution in [0.5, 0.6) is 0 Å². The summed E-state index contributed by atoms with van der Waals surface area (Å²) < 4.78 is 0. The summed E-state index contributed by atoms with van der Waals surface area (Å²) in [6.45, 7) is 15.0. The summed E-state index contributed by atoms with van der Waals surface area (Å²) in [6.07, 6.45) is 0. The molecular formula is C20H28N4. The van der Waals surface area contributed by atoms with Crippen LogP contribution in [0.4, 0.5) is 5.82 Å². The first-order valence-corrected chi connectivity index (χ1v) is 8.80. The fourth-order valence-electron chi connectivity index (χ4n) is 3.49. The summed E-state index contributed by atoms with van der Waals surface area (Å²) in [6, 6.07) is 7.27. The van der Waals surface area contributed by atoms with Crippen LogP contribution in [0.3, 0.4) is 0 Å². The van der Waals surface area contributed by atoms with Gasteiger partial charge in [0.05, 0.1) is 0 Å². The Morgan fingerprint density at radius 3 is 2.38 bits per heavy atom. The standard InChI is InChI=1S/C20H28N4/c1-12-8-7-9-13(2)18(12)19-22-17(6)16(5)20(23-19)24-11-14(3)21-10-15(24)4/h7-9,14-15,21H,10-11H2,1-6H3/t14-,15?/m0/s1. The van der Waals surface area contributed by atoms with Gasteiger partial charge < -0.3 is 10.2 Å². The molecule has 1 saturated heterocycles. The summed E-state index contributed by atoms with van der Waals surface area (Å²) in [4.78, 5) is 12.3. The number of hydrogen-bond donors (Lipinski definition) is 1. The molecule has 0 radical (unpaired) electrons. The van der Waals surface area contributed by atoms with E-state index in [2.05, 4.69) is 70.0 Å². The minimum absolute atomic E-state index is 0.431. The van der Waals surface area contributed by atoms with Gasteiger partial charge in [0, 0.05) is 42.0 Å². The van der Waals surface area contributed by atoms with E-state index in [1.54, 1.807) is 0 Å². The molecule has 1 unspecified atom stereocenters. The average molecular weight is 324 g/mol. The molecule has 0 spiro atoms. The summed E-state index contributed by atoms with van der Waals surface area (Å²) >= 11 is 0. The Balaban J connectivity index is 2.13. The average Bonchev–Trinajstić information content (AvgIpc) is 2.53.